The molecule has 2 aromatic carbocycles. The summed E-state index contributed by atoms with van der Waals surface area (Å²) in [5.74, 6) is 1.29. The molecule has 0 aliphatic heterocycles. The van der Waals surface area contributed by atoms with Gasteiger partial charge in [-0.25, -0.2) is 0 Å². The van der Waals surface area contributed by atoms with Crippen LogP contribution in [-0.4, -0.2) is 5.11 Å². The molecule has 2 rings (SSSR count). The van der Waals surface area contributed by atoms with Crippen LogP contribution in [0.15, 0.2) is 48.5 Å². The van der Waals surface area contributed by atoms with Crippen LogP contribution in [-0.2, 0) is 6.61 Å². The summed E-state index contributed by atoms with van der Waals surface area (Å²) in [4.78, 5) is 0. The van der Waals surface area contributed by atoms with Crippen molar-refractivity contribution < 1.29 is 9.84 Å². The summed E-state index contributed by atoms with van der Waals surface area (Å²) in [6.07, 6.45) is 0. The molecule has 0 atom stereocenters. The molecular formula is C13H13NO2. The second-order valence-corrected chi connectivity index (χ2v) is 3.45. The molecule has 3 nitrogen and oxygen atoms in total. The molecule has 0 radical (unpaired) electrons. The van der Waals surface area contributed by atoms with E-state index >= 15 is 0 Å². The maximum absolute atomic E-state index is 9.00. The van der Waals surface area contributed by atoms with Crippen LogP contribution in [0, 0.1) is 0 Å². The Labute approximate surface area is 94.1 Å². The van der Waals surface area contributed by atoms with Crippen molar-refractivity contribution in [1.29, 1.82) is 0 Å². The molecule has 0 aliphatic carbocycles. The van der Waals surface area contributed by atoms with E-state index in [1.807, 2.05) is 30.3 Å². The number of ether oxygens (including phenoxy) is 1. The van der Waals surface area contributed by atoms with Crippen LogP contribution in [0.2, 0.25) is 0 Å². The minimum Gasteiger partial charge on any atom is -0.455 e. The summed E-state index contributed by atoms with van der Waals surface area (Å²) in [5.41, 5.74) is 7.17. The Morgan fingerprint density at radius 1 is 1.06 bits per heavy atom. The fraction of sp³-hybridized carbons (Fsp3) is 0.0769. The van der Waals surface area contributed by atoms with E-state index in [-0.39, 0.29) is 6.61 Å². The van der Waals surface area contributed by atoms with Crippen molar-refractivity contribution in [2.24, 2.45) is 0 Å². The molecule has 0 heterocycles. The summed E-state index contributed by atoms with van der Waals surface area (Å²) < 4.78 is 5.62. The summed E-state index contributed by atoms with van der Waals surface area (Å²) in [5, 5.41) is 9.00. The number of anilines is 1. The zero-order valence-corrected chi connectivity index (χ0v) is 8.76. The zero-order chi connectivity index (χ0) is 11.4. The SMILES string of the molecule is Nc1ccccc1Oc1cccc(CO)c1. The predicted molar refractivity (Wildman–Crippen MR) is 63.3 cm³/mol. The van der Waals surface area contributed by atoms with Gasteiger partial charge in [-0.15, -0.1) is 0 Å². The molecule has 3 N–H and O–H groups in total. The smallest absolute Gasteiger partial charge is 0.150 e. The highest BCUT2D eigenvalue weighted by molar-refractivity contribution is 5.53. The fourth-order valence-electron chi connectivity index (χ4n) is 1.41. The number of aliphatic hydroxyl groups excluding tert-OH is 1. The van der Waals surface area contributed by atoms with E-state index in [1.54, 1.807) is 18.2 Å². The second-order valence-electron chi connectivity index (χ2n) is 3.45. The number of nitrogens with two attached hydrogens (primary N) is 1. The minimum absolute atomic E-state index is 0.00146. The van der Waals surface area contributed by atoms with E-state index in [2.05, 4.69) is 0 Å². The molecule has 0 amide bonds. The Morgan fingerprint density at radius 2 is 1.88 bits per heavy atom. The van der Waals surface area contributed by atoms with Crippen LogP contribution in [0.25, 0.3) is 0 Å². The molecule has 0 fully saturated rings. The first-order chi connectivity index (χ1) is 7.79. The number of rotatable bonds is 3. The second kappa shape index (κ2) is 4.68. The van der Waals surface area contributed by atoms with Crippen molar-refractivity contribution in [2.45, 2.75) is 6.61 Å². The van der Waals surface area contributed by atoms with Gasteiger partial charge in [0, 0.05) is 0 Å². The Balaban J connectivity index is 2.24. The molecule has 3 heteroatoms. The van der Waals surface area contributed by atoms with Crippen molar-refractivity contribution in [3.8, 4) is 11.5 Å². The molecular weight excluding hydrogens is 202 g/mol. The van der Waals surface area contributed by atoms with Crippen molar-refractivity contribution >= 4 is 5.69 Å². The molecule has 0 saturated heterocycles. The summed E-state index contributed by atoms with van der Waals surface area (Å²) in [7, 11) is 0. The van der Waals surface area contributed by atoms with Gasteiger partial charge in [0.15, 0.2) is 0 Å². The van der Waals surface area contributed by atoms with Gasteiger partial charge in [0.05, 0.1) is 12.3 Å². The van der Waals surface area contributed by atoms with Gasteiger partial charge in [0.2, 0.25) is 0 Å². The lowest BCUT2D eigenvalue weighted by molar-refractivity contribution is 0.281. The highest BCUT2D eigenvalue weighted by atomic mass is 16.5. The molecule has 0 bridgehead atoms. The van der Waals surface area contributed by atoms with Gasteiger partial charge in [-0.3, -0.25) is 0 Å². The van der Waals surface area contributed by atoms with Crippen molar-refractivity contribution in [3.63, 3.8) is 0 Å². The monoisotopic (exact) mass is 215 g/mol. The first-order valence-electron chi connectivity index (χ1n) is 5.02. The van der Waals surface area contributed by atoms with Gasteiger partial charge in [-0.1, -0.05) is 24.3 Å². The quantitative estimate of drug-likeness (QED) is 0.773. The van der Waals surface area contributed by atoms with Crippen LogP contribution < -0.4 is 10.5 Å². The van der Waals surface area contributed by atoms with Gasteiger partial charge in [-0.2, -0.15) is 0 Å². The number of nitrogen functional groups attached to an aromatic ring is 1. The van der Waals surface area contributed by atoms with E-state index in [0.29, 0.717) is 17.2 Å². The number of aliphatic hydroxyl groups is 1. The van der Waals surface area contributed by atoms with Gasteiger partial charge in [0.25, 0.3) is 0 Å². The molecule has 0 unspecified atom stereocenters. The van der Waals surface area contributed by atoms with Crippen LogP contribution >= 0.6 is 0 Å². The average molecular weight is 215 g/mol. The van der Waals surface area contributed by atoms with E-state index in [0.717, 1.165) is 5.56 Å². The Bertz CT molecular complexity index is 483. The predicted octanol–water partition coefficient (Wildman–Crippen LogP) is 2.55. The number of benzene rings is 2. The van der Waals surface area contributed by atoms with E-state index < -0.39 is 0 Å². The molecule has 0 spiro atoms. The van der Waals surface area contributed by atoms with Crippen LogP contribution in [0.1, 0.15) is 5.56 Å². The normalized spacial score (nSPS) is 10.1. The molecule has 82 valence electrons. The first kappa shape index (κ1) is 10.5. The first-order valence-corrected chi connectivity index (χ1v) is 5.02. The largest absolute Gasteiger partial charge is 0.455 e. The van der Waals surface area contributed by atoms with Gasteiger partial charge >= 0.3 is 0 Å². The molecule has 0 saturated carbocycles. The summed E-state index contributed by atoms with van der Waals surface area (Å²) in [6.45, 7) is 0.00146. The third-order valence-electron chi connectivity index (χ3n) is 2.23. The van der Waals surface area contributed by atoms with E-state index in [1.165, 1.54) is 0 Å². The standard InChI is InChI=1S/C13H13NO2/c14-12-6-1-2-7-13(12)16-11-5-3-4-10(8-11)9-15/h1-8,15H,9,14H2. The summed E-state index contributed by atoms with van der Waals surface area (Å²) >= 11 is 0. The number of para-hydroxylation sites is 2. The van der Waals surface area contributed by atoms with Crippen molar-refractivity contribution in [1.82, 2.24) is 0 Å². The van der Waals surface area contributed by atoms with E-state index in [9.17, 15) is 0 Å². The third kappa shape index (κ3) is 2.32. The molecule has 16 heavy (non-hydrogen) atoms. The zero-order valence-electron chi connectivity index (χ0n) is 8.76. The van der Waals surface area contributed by atoms with Gasteiger partial charge in [-0.05, 0) is 29.8 Å². The lowest BCUT2D eigenvalue weighted by Crippen LogP contribution is -1.92. The fourth-order valence-corrected chi connectivity index (χ4v) is 1.41. The summed E-state index contributed by atoms with van der Waals surface area (Å²) in [6, 6.07) is 14.6. The lowest BCUT2D eigenvalue weighted by Gasteiger charge is -2.08. The average Bonchev–Trinajstić information content (AvgIpc) is 2.32. The maximum atomic E-state index is 9.00. The molecule has 0 aliphatic rings. The van der Waals surface area contributed by atoms with Crippen LogP contribution in [0.4, 0.5) is 5.69 Å². The lowest BCUT2D eigenvalue weighted by atomic mass is 10.2. The number of hydrogen-bond donors (Lipinski definition) is 2. The van der Waals surface area contributed by atoms with Crippen molar-refractivity contribution in [3.05, 3.63) is 54.1 Å². The van der Waals surface area contributed by atoms with Crippen molar-refractivity contribution in [2.75, 3.05) is 5.73 Å². The molecule has 0 aromatic heterocycles. The highest BCUT2D eigenvalue weighted by Gasteiger charge is 2.01. The van der Waals surface area contributed by atoms with Gasteiger partial charge in [0.1, 0.15) is 11.5 Å². The topological polar surface area (TPSA) is 55.5 Å². The Kier molecular flexibility index (Phi) is 3.08. The number of hydrogen-bond acceptors (Lipinski definition) is 3. The van der Waals surface area contributed by atoms with Crippen LogP contribution in [0.3, 0.4) is 0 Å². The Morgan fingerprint density at radius 3 is 2.62 bits per heavy atom. The van der Waals surface area contributed by atoms with Gasteiger partial charge < -0.3 is 15.6 Å². The van der Waals surface area contributed by atoms with Crippen LogP contribution in [0.5, 0.6) is 11.5 Å². The highest BCUT2D eigenvalue weighted by Crippen LogP contribution is 2.27. The van der Waals surface area contributed by atoms with E-state index in [4.69, 9.17) is 15.6 Å². The Hall–Kier alpha value is -2.00. The minimum atomic E-state index is 0.00146. The maximum Gasteiger partial charge on any atom is 0.150 e. The third-order valence-corrected chi connectivity index (χ3v) is 2.23. The molecule has 2 aromatic rings.